The highest BCUT2D eigenvalue weighted by atomic mass is 16.5. The van der Waals surface area contributed by atoms with E-state index in [-0.39, 0.29) is 11.4 Å². The molecular weight excluding hydrogens is 202 g/mol. The third-order valence-electron chi connectivity index (χ3n) is 2.69. The number of methoxy groups -OCH3 is 1. The molecule has 0 radical (unpaired) electrons. The van der Waals surface area contributed by atoms with Crippen LogP contribution in [0, 0.1) is 0 Å². The van der Waals surface area contributed by atoms with Crippen LogP contribution in [0.4, 0.5) is 0 Å². The summed E-state index contributed by atoms with van der Waals surface area (Å²) in [7, 11) is 1.61. The summed E-state index contributed by atoms with van der Waals surface area (Å²) in [4.78, 5) is 11.9. The summed E-state index contributed by atoms with van der Waals surface area (Å²) < 4.78 is 5.04. The molecule has 0 spiro atoms. The predicted molar refractivity (Wildman–Crippen MR) is 64.8 cm³/mol. The van der Waals surface area contributed by atoms with E-state index in [0.29, 0.717) is 5.56 Å². The van der Waals surface area contributed by atoms with Crippen LogP contribution >= 0.6 is 0 Å². The second-order valence-corrected chi connectivity index (χ2v) is 4.42. The van der Waals surface area contributed by atoms with Crippen molar-refractivity contribution in [1.29, 1.82) is 0 Å². The number of hydrogen-bond acceptors (Lipinski definition) is 2. The van der Waals surface area contributed by atoms with Gasteiger partial charge in [0.25, 0.3) is 5.91 Å². The fourth-order valence-electron chi connectivity index (χ4n) is 1.21. The molecule has 1 amide bonds. The first-order chi connectivity index (χ1) is 7.48. The van der Waals surface area contributed by atoms with E-state index in [0.717, 1.165) is 12.2 Å². The molecule has 0 aliphatic rings. The smallest absolute Gasteiger partial charge is 0.251 e. The monoisotopic (exact) mass is 221 g/mol. The molecule has 0 bridgehead atoms. The Bertz CT molecular complexity index is 355. The number of carbonyl (C=O) groups is 1. The zero-order valence-corrected chi connectivity index (χ0v) is 10.3. The summed E-state index contributed by atoms with van der Waals surface area (Å²) >= 11 is 0. The van der Waals surface area contributed by atoms with Gasteiger partial charge in [0.15, 0.2) is 0 Å². The highest BCUT2D eigenvalue weighted by molar-refractivity contribution is 5.94. The van der Waals surface area contributed by atoms with Gasteiger partial charge in [-0.2, -0.15) is 0 Å². The summed E-state index contributed by atoms with van der Waals surface area (Å²) in [6.07, 6.45) is 0.898. The van der Waals surface area contributed by atoms with Crippen molar-refractivity contribution in [2.75, 3.05) is 7.11 Å². The molecule has 3 nitrogen and oxygen atoms in total. The molecular formula is C13H19NO2. The van der Waals surface area contributed by atoms with Crippen LogP contribution in [-0.2, 0) is 0 Å². The van der Waals surface area contributed by atoms with Crippen molar-refractivity contribution in [3.63, 3.8) is 0 Å². The molecule has 0 heterocycles. The molecule has 0 aliphatic heterocycles. The van der Waals surface area contributed by atoms with Crippen LogP contribution in [0.25, 0.3) is 0 Å². The van der Waals surface area contributed by atoms with E-state index in [4.69, 9.17) is 4.74 Å². The minimum absolute atomic E-state index is 0.0468. The van der Waals surface area contributed by atoms with Crippen molar-refractivity contribution < 1.29 is 9.53 Å². The minimum Gasteiger partial charge on any atom is -0.497 e. The maximum absolute atomic E-state index is 11.9. The van der Waals surface area contributed by atoms with Crippen LogP contribution in [0.5, 0.6) is 5.75 Å². The van der Waals surface area contributed by atoms with Gasteiger partial charge in [0, 0.05) is 11.1 Å². The number of ether oxygens (including phenoxy) is 1. The summed E-state index contributed by atoms with van der Waals surface area (Å²) in [6.45, 7) is 6.07. The summed E-state index contributed by atoms with van der Waals surface area (Å²) in [5.41, 5.74) is 0.485. The van der Waals surface area contributed by atoms with E-state index in [1.165, 1.54) is 0 Å². The second-order valence-electron chi connectivity index (χ2n) is 4.42. The van der Waals surface area contributed by atoms with Gasteiger partial charge in [-0.1, -0.05) is 6.92 Å². The average molecular weight is 221 g/mol. The molecule has 1 rings (SSSR count). The van der Waals surface area contributed by atoms with Crippen molar-refractivity contribution in [3.8, 4) is 5.75 Å². The summed E-state index contributed by atoms with van der Waals surface area (Å²) in [6, 6.07) is 7.10. The second kappa shape index (κ2) is 5.01. The third-order valence-corrected chi connectivity index (χ3v) is 2.69. The highest BCUT2D eigenvalue weighted by Gasteiger charge is 2.18. The van der Waals surface area contributed by atoms with Gasteiger partial charge in [-0.3, -0.25) is 4.79 Å². The van der Waals surface area contributed by atoms with Crippen LogP contribution in [0.2, 0.25) is 0 Å². The Hall–Kier alpha value is -1.51. The lowest BCUT2D eigenvalue weighted by molar-refractivity contribution is 0.0911. The number of carbonyl (C=O) groups excluding carboxylic acids is 1. The van der Waals surface area contributed by atoms with E-state index in [1.54, 1.807) is 31.4 Å². The Balaban J connectivity index is 2.73. The van der Waals surface area contributed by atoms with Gasteiger partial charge in [0.2, 0.25) is 0 Å². The molecule has 1 aromatic carbocycles. The molecule has 0 unspecified atom stereocenters. The SMILES string of the molecule is CCC(C)(C)NC(=O)c1ccc(OC)cc1. The van der Waals surface area contributed by atoms with E-state index in [2.05, 4.69) is 5.32 Å². The van der Waals surface area contributed by atoms with Crippen molar-refractivity contribution >= 4 is 5.91 Å². The Morgan fingerprint density at radius 2 is 1.88 bits per heavy atom. The Labute approximate surface area is 96.8 Å². The maximum Gasteiger partial charge on any atom is 0.251 e. The minimum atomic E-state index is -0.170. The normalized spacial score (nSPS) is 11.0. The summed E-state index contributed by atoms with van der Waals surface area (Å²) in [5, 5.41) is 2.98. The van der Waals surface area contributed by atoms with E-state index in [1.807, 2.05) is 20.8 Å². The highest BCUT2D eigenvalue weighted by Crippen LogP contribution is 2.13. The first kappa shape index (κ1) is 12.6. The van der Waals surface area contributed by atoms with Gasteiger partial charge >= 0.3 is 0 Å². The predicted octanol–water partition coefficient (Wildman–Crippen LogP) is 2.61. The van der Waals surface area contributed by atoms with Crippen LogP contribution in [0.1, 0.15) is 37.6 Å². The standard InChI is InChI=1S/C13H19NO2/c1-5-13(2,3)14-12(15)10-6-8-11(16-4)9-7-10/h6-9H,5H2,1-4H3,(H,14,15). The fourth-order valence-corrected chi connectivity index (χ4v) is 1.21. The average Bonchev–Trinajstić information content (AvgIpc) is 2.28. The van der Waals surface area contributed by atoms with Crippen LogP contribution < -0.4 is 10.1 Å². The molecule has 1 aromatic rings. The summed E-state index contributed by atoms with van der Waals surface area (Å²) in [5.74, 6) is 0.709. The Kier molecular flexibility index (Phi) is 3.93. The molecule has 0 saturated carbocycles. The fraction of sp³-hybridized carbons (Fsp3) is 0.462. The van der Waals surface area contributed by atoms with Crippen molar-refractivity contribution in [1.82, 2.24) is 5.32 Å². The van der Waals surface area contributed by atoms with Crippen molar-refractivity contribution in [2.45, 2.75) is 32.7 Å². The van der Waals surface area contributed by atoms with Crippen molar-refractivity contribution in [3.05, 3.63) is 29.8 Å². The van der Waals surface area contributed by atoms with Gasteiger partial charge in [-0.25, -0.2) is 0 Å². The number of hydrogen-bond donors (Lipinski definition) is 1. The molecule has 0 saturated heterocycles. The van der Waals surface area contributed by atoms with Crippen LogP contribution in [-0.4, -0.2) is 18.6 Å². The lowest BCUT2D eigenvalue weighted by Gasteiger charge is -2.24. The lowest BCUT2D eigenvalue weighted by atomic mass is 10.0. The van der Waals surface area contributed by atoms with Gasteiger partial charge in [0.05, 0.1) is 7.11 Å². The van der Waals surface area contributed by atoms with E-state index < -0.39 is 0 Å². The number of amides is 1. The van der Waals surface area contributed by atoms with Crippen LogP contribution in [0.15, 0.2) is 24.3 Å². The van der Waals surface area contributed by atoms with Gasteiger partial charge in [-0.05, 0) is 44.5 Å². The number of nitrogens with one attached hydrogen (secondary N) is 1. The third kappa shape index (κ3) is 3.26. The first-order valence-electron chi connectivity index (χ1n) is 5.45. The molecule has 1 N–H and O–H groups in total. The van der Waals surface area contributed by atoms with Gasteiger partial charge < -0.3 is 10.1 Å². The van der Waals surface area contributed by atoms with Gasteiger partial charge in [0.1, 0.15) is 5.75 Å². The maximum atomic E-state index is 11.9. The zero-order valence-electron chi connectivity index (χ0n) is 10.3. The van der Waals surface area contributed by atoms with Crippen molar-refractivity contribution in [2.24, 2.45) is 0 Å². The molecule has 88 valence electrons. The number of rotatable bonds is 4. The lowest BCUT2D eigenvalue weighted by Crippen LogP contribution is -2.42. The first-order valence-corrected chi connectivity index (χ1v) is 5.45. The molecule has 3 heteroatoms. The molecule has 0 aliphatic carbocycles. The number of benzene rings is 1. The Morgan fingerprint density at radius 3 is 2.31 bits per heavy atom. The topological polar surface area (TPSA) is 38.3 Å². The zero-order chi connectivity index (χ0) is 12.2. The van der Waals surface area contributed by atoms with Crippen LogP contribution in [0.3, 0.4) is 0 Å². The quantitative estimate of drug-likeness (QED) is 0.848. The molecule has 0 atom stereocenters. The van der Waals surface area contributed by atoms with E-state index >= 15 is 0 Å². The van der Waals surface area contributed by atoms with Gasteiger partial charge in [-0.15, -0.1) is 0 Å². The molecule has 0 fully saturated rings. The molecule has 16 heavy (non-hydrogen) atoms. The van der Waals surface area contributed by atoms with E-state index in [9.17, 15) is 4.79 Å². The largest absolute Gasteiger partial charge is 0.497 e. The molecule has 0 aromatic heterocycles. The Morgan fingerprint density at radius 1 is 1.31 bits per heavy atom.